The second-order valence-electron chi connectivity index (χ2n) is 4.88. The predicted octanol–water partition coefficient (Wildman–Crippen LogP) is 3.85. The number of sulfonamides is 1. The number of ketones is 1. The summed E-state index contributed by atoms with van der Waals surface area (Å²) in [6, 6.07) is 6.11. The van der Waals surface area contributed by atoms with Crippen LogP contribution < -0.4 is 4.72 Å². The molecule has 128 valence electrons. The van der Waals surface area contributed by atoms with Crippen LogP contribution in [0.5, 0.6) is 0 Å². The van der Waals surface area contributed by atoms with Crippen molar-refractivity contribution in [1.29, 1.82) is 0 Å². The summed E-state index contributed by atoms with van der Waals surface area (Å²) in [6.45, 7) is 1.29. The molecule has 0 saturated heterocycles. The van der Waals surface area contributed by atoms with Gasteiger partial charge in [0, 0.05) is 5.56 Å². The van der Waals surface area contributed by atoms with Crippen LogP contribution in [0.3, 0.4) is 0 Å². The van der Waals surface area contributed by atoms with Gasteiger partial charge in [-0.25, -0.2) is 12.8 Å². The average Bonchev–Trinajstić information content (AvgIpc) is 2.48. The molecule has 24 heavy (non-hydrogen) atoms. The molecule has 1 N–H and O–H groups in total. The third kappa shape index (κ3) is 3.91. The van der Waals surface area contributed by atoms with Crippen LogP contribution in [0.4, 0.5) is 23.2 Å². The maximum absolute atomic E-state index is 13.6. The fraction of sp³-hybridized carbons (Fsp3) is 0.133. The van der Waals surface area contributed by atoms with Crippen molar-refractivity contribution >= 4 is 21.5 Å². The minimum atomic E-state index is -4.74. The number of nitrogens with one attached hydrogen (secondary N) is 1. The van der Waals surface area contributed by atoms with Crippen molar-refractivity contribution in [2.75, 3.05) is 4.72 Å². The van der Waals surface area contributed by atoms with Crippen molar-refractivity contribution in [3.8, 4) is 0 Å². The molecule has 2 aromatic rings. The van der Waals surface area contributed by atoms with E-state index in [1.807, 2.05) is 0 Å². The lowest BCUT2D eigenvalue weighted by Crippen LogP contribution is -2.15. The van der Waals surface area contributed by atoms with Gasteiger partial charge in [-0.15, -0.1) is 0 Å². The van der Waals surface area contributed by atoms with Gasteiger partial charge in [0.2, 0.25) is 0 Å². The number of hydrogen-bond acceptors (Lipinski definition) is 3. The molecule has 0 spiro atoms. The summed E-state index contributed by atoms with van der Waals surface area (Å²) in [5.41, 5.74) is -1.74. The lowest BCUT2D eigenvalue weighted by molar-refractivity contribution is -0.137. The first kappa shape index (κ1) is 17.9. The number of rotatable bonds is 4. The summed E-state index contributed by atoms with van der Waals surface area (Å²) >= 11 is 0. The zero-order valence-electron chi connectivity index (χ0n) is 12.2. The summed E-state index contributed by atoms with van der Waals surface area (Å²) in [5, 5.41) is 0. The number of anilines is 1. The molecule has 2 rings (SSSR count). The predicted molar refractivity (Wildman–Crippen MR) is 78.7 cm³/mol. The van der Waals surface area contributed by atoms with Gasteiger partial charge in [0.15, 0.2) is 5.78 Å². The van der Waals surface area contributed by atoms with Crippen molar-refractivity contribution in [2.24, 2.45) is 0 Å². The normalized spacial score (nSPS) is 12.0. The van der Waals surface area contributed by atoms with Crippen LogP contribution in [0.15, 0.2) is 47.4 Å². The molecule has 0 amide bonds. The Morgan fingerprint density at radius 2 is 1.62 bits per heavy atom. The molecule has 2 aromatic carbocycles. The molecule has 0 bridgehead atoms. The number of halogens is 4. The zero-order chi connectivity index (χ0) is 18.1. The first-order chi connectivity index (χ1) is 11.0. The highest BCUT2D eigenvalue weighted by Gasteiger charge is 2.31. The van der Waals surface area contributed by atoms with Crippen molar-refractivity contribution in [1.82, 2.24) is 0 Å². The lowest BCUT2D eigenvalue weighted by Gasteiger charge is -2.12. The van der Waals surface area contributed by atoms with Crippen LogP contribution in [0.1, 0.15) is 22.8 Å². The Balaban J connectivity index is 2.37. The van der Waals surface area contributed by atoms with Gasteiger partial charge < -0.3 is 0 Å². The van der Waals surface area contributed by atoms with Gasteiger partial charge in [-0.3, -0.25) is 9.52 Å². The maximum Gasteiger partial charge on any atom is 0.416 e. The molecule has 0 aromatic heterocycles. The van der Waals surface area contributed by atoms with Crippen LogP contribution in [0, 0.1) is 5.82 Å². The standard InChI is InChI=1S/C15H11F4NO3S/c1-9(21)10-2-5-12(6-3-10)24(22,23)20-14-8-11(15(17,18)19)4-7-13(14)16/h2-8,20H,1H3. The Labute approximate surface area is 135 Å². The third-order valence-electron chi connectivity index (χ3n) is 3.11. The zero-order valence-corrected chi connectivity index (χ0v) is 13.0. The summed E-state index contributed by atoms with van der Waals surface area (Å²) in [6.07, 6.45) is -4.74. The average molecular weight is 361 g/mol. The van der Waals surface area contributed by atoms with Crippen molar-refractivity contribution in [2.45, 2.75) is 18.0 Å². The summed E-state index contributed by atoms with van der Waals surface area (Å²) in [5.74, 6) is -1.43. The van der Waals surface area contributed by atoms with Gasteiger partial charge >= 0.3 is 6.18 Å². The summed E-state index contributed by atoms with van der Waals surface area (Å²) in [7, 11) is -4.31. The Morgan fingerprint density at radius 3 is 2.12 bits per heavy atom. The number of benzene rings is 2. The number of carbonyl (C=O) groups is 1. The maximum atomic E-state index is 13.6. The minimum Gasteiger partial charge on any atom is -0.295 e. The van der Waals surface area contributed by atoms with Crippen LogP contribution in [-0.2, 0) is 16.2 Å². The van der Waals surface area contributed by atoms with Gasteiger partial charge in [-0.05, 0) is 37.3 Å². The number of carbonyl (C=O) groups excluding carboxylic acids is 1. The van der Waals surface area contributed by atoms with E-state index in [0.29, 0.717) is 18.2 Å². The largest absolute Gasteiger partial charge is 0.416 e. The number of Topliss-reactive ketones (excluding diaryl/α,β-unsaturated/α-hetero) is 1. The van der Waals surface area contributed by atoms with Crippen LogP contribution >= 0.6 is 0 Å². The monoisotopic (exact) mass is 361 g/mol. The smallest absolute Gasteiger partial charge is 0.295 e. The highest BCUT2D eigenvalue weighted by Crippen LogP contribution is 2.32. The molecule has 9 heteroatoms. The highest BCUT2D eigenvalue weighted by atomic mass is 32.2. The van der Waals surface area contributed by atoms with E-state index in [1.165, 1.54) is 19.1 Å². The first-order valence-electron chi connectivity index (χ1n) is 6.51. The SMILES string of the molecule is CC(=O)c1ccc(S(=O)(=O)Nc2cc(C(F)(F)F)ccc2F)cc1. The fourth-order valence-corrected chi connectivity index (χ4v) is 2.91. The molecule has 0 saturated carbocycles. The Hall–Kier alpha value is -2.42. The first-order valence-corrected chi connectivity index (χ1v) is 7.99. The molecule has 0 aliphatic carbocycles. The van der Waals surface area contributed by atoms with E-state index in [-0.39, 0.29) is 16.2 Å². The van der Waals surface area contributed by atoms with E-state index in [9.17, 15) is 30.8 Å². The second kappa shape index (κ2) is 6.23. The van der Waals surface area contributed by atoms with E-state index >= 15 is 0 Å². The van der Waals surface area contributed by atoms with Gasteiger partial charge in [0.25, 0.3) is 10.0 Å². The molecule has 0 aliphatic heterocycles. The fourth-order valence-electron chi connectivity index (χ4n) is 1.85. The molecular weight excluding hydrogens is 350 g/mol. The van der Waals surface area contributed by atoms with Crippen LogP contribution in [-0.4, -0.2) is 14.2 Å². The Morgan fingerprint density at radius 1 is 1.04 bits per heavy atom. The molecule has 0 heterocycles. The minimum absolute atomic E-state index is 0.263. The molecule has 0 atom stereocenters. The molecule has 0 radical (unpaired) electrons. The van der Waals surface area contributed by atoms with E-state index < -0.39 is 33.3 Å². The van der Waals surface area contributed by atoms with Crippen molar-refractivity contribution in [3.63, 3.8) is 0 Å². The molecular formula is C15H11F4NO3S. The number of alkyl halides is 3. The van der Waals surface area contributed by atoms with Crippen LogP contribution in [0.2, 0.25) is 0 Å². The van der Waals surface area contributed by atoms with Gasteiger partial charge in [0.05, 0.1) is 16.1 Å². The van der Waals surface area contributed by atoms with E-state index in [4.69, 9.17) is 0 Å². The van der Waals surface area contributed by atoms with Gasteiger partial charge in [-0.2, -0.15) is 13.2 Å². The Kier molecular flexibility index (Phi) is 4.66. The van der Waals surface area contributed by atoms with Crippen molar-refractivity contribution in [3.05, 3.63) is 59.4 Å². The van der Waals surface area contributed by atoms with Crippen LogP contribution in [0.25, 0.3) is 0 Å². The quantitative estimate of drug-likeness (QED) is 0.665. The summed E-state index contributed by atoms with van der Waals surface area (Å²) in [4.78, 5) is 10.8. The topological polar surface area (TPSA) is 63.2 Å². The van der Waals surface area contributed by atoms with E-state index in [2.05, 4.69) is 0 Å². The number of hydrogen-bond donors (Lipinski definition) is 1. The third-order valence-corrected chi connectivity index (χ3v) is 4.49. The molecule has 4 nitrogen and oxygen atoms in total. The summed E-state index contributed by atoms with van der Waals surface area (Å²) < 4.78 is 77.6. The molecule has 0 unspecified atom stereocenters. The van der Waals surface area contributed by atoms with E-state index in [1.54, 1.807) is 4.72 Å². The highest BCUT2D eigenvalue weighted by molar-refractivity contribution is 7.92. The molecule has 0 fully saturated rings. The van der Waals surface area contributed by atoms with E-state index in [0.717, 1.165) is 12.1 Å². The Bertz CT molecular complexity index is 875. The van der Waals surface area contributed by atoms with Gasteiger partial charge in [0.1, 0.15) is 5.82 Å². The lowest BCUT2D eigenvalue weighted by atomic mass is 10.2. The molecule has 0 aliphatic rings. The second-order valence-corrected chi connectivity index (χ2v) is 6.56. The van der Waals surface area contributed by atoms with Gasteiger partial charge in [-0.1, -0.05) is 12.1 Å². The van der Waals surface area contributed by atoms with Crippen molar-refractivity contribution < 1.29 is 30.8 Å².